The molecule has 1 aliphatic heterocycles. The average molecular weight is 300 g/mol. The number of amides is 2. The van der Waals surface area contributed by atoms with E-state index < -0.39 is 0 Å². The molecule has 1 N–H and O–H groups in total. The molecule has 0 spiro atoms. The summed E-state index contributed by atoms with van der Waals surface area (Å²) in [4.78, 5) is 30.0. The molecule has 22 heavy (non-hydrogen) atoms. The second-order valence-corrected chi connectivity index (χ2v) is 5.57. The van der Waals surface area contributed by atoms with Crippen molar-refractivity contribution in [2.75, 3.05) is 19.6 Å². The molecular weight excluding hydrogens is 280 g/mol. The van der Waals surface area contributed by atoms with Crippen LogP contribution in [-0.2, 0) is 16.0 Å². The molecule has 1 saturated heterocycles. The Labute approximate surface area is 129 Å². The van der Waals surface area contributed by atoms with E-state index in [0.717, 1.165) is 11.3 Å². The summed E-state index contributed by atoms with van der Waals surface area (Å²) in [6.07, 6.45) is 4.94. The fraction of sp³-hybridized carbons (Fsp3) is 0.438. The van der Waals surface area contributed by atoms with E-state index in [0.29, 0.717) is 32.5 Å². The molecule has 2 amide bonds. The maximum Gasteiger partial charge on any atom is 0.225 e. The molecule has 1 atom stereocenters. The highest BCUT2D eigenvalue weighted by Gasteiger charge is 2.32. The third kappa shape index (κ3) is 2.95. The standard InChI is InChI=1S/C16H20N4O2/c1-2-19-10-12(9-15(19)21)16(22)17-7-6-13-11-20-8-4-3-5-14(20)18-13/h3-5,8,11-12H,2,6-7,9-10H2,1H3,(H,17,22). The van der Waals surface area contributed by atoms with E-state index in [1.54, 1.807) is 4.90 Å². The van der Waals surface area contributed by atoms with Gasteiger partial charge in [0.05, 0.1) is 11.6 Å². The molecule has 2 aromatic rings. The lowest BCUT2D eigenvalue weighted by Gasteiger charge is -2.13. The summed E-state index contributed by atoms with van der Waals surface area (Å²) in [7, 11) is 0. The number of carbonyl (C=O) groups excluding carboxylic acids is 2. The monoisotopic (exact) mass is 300 g/mol. The summed E-state index contributed by atoms with van der Waals surface area (Å²) < 4.78 is 1.96. The van der Waals surface area contributed by atoms with Crippen LogP contribution in [0.2, 0.25) is 0 Å². The van der Waals surface area contributed by atoms with Gasteiger partial charge in [0.15, 0.2) is 0 Å². The first-order chi connectivity index (χ1) is 10.7. The van der Waals surface area contributed by atoms with Gasteiger partial charge in [-0.15, -0.1) is 0 Å². The molecule has 116 valence electrons. The van der Waals surface area contributed by atoms with E-state index in [9.17, 15) is 9.59 Å². The largest absolute Gasteiger partial charge is 0.355 e. The Morgan fingerprint density at radius 1 is 1.45 bits per heavy atom. The number of pyridine rings is 1. The normalized spacial score (nSPS) is 18.1. The number of fused-ring (bicyclic) bond motifs is 1. The van der Waals surface area contributed by atoms with E-state index in [-0.39, 0.29) is 17.7 Å². The van der Waals surface area contributed by atoms with Crippen molar-refractivity contribution in [3.63, 3.8) is 0 Å². The van der Waals surface area contributed by atoms with Crippen LogP contribution in [0, 0.1) is 5.92 Å². The van der Waals surface area contributed by atoms with Gasteiger partial charge >= 0.3 is 0 Å². The molecule has 1 aliphatic rings. The summed E-state index contributed by atoms with van der Waals surface area (Å²) in [5.41, 5.74) is 1.85. The van der Waals surface area contributed by atoms with Gasteiger partial charge in [-0.05, 0) is 19.1 Å². The van der Waals surface area contributed by atoms with E-state index in [4.69, 9.17) is 0 Å². The Hall–Kier alpha value is -2.37. The number of carbonyl (C=O) groups is 2. The van der Waals surface area contributed by atoms with Gasteiger partial charge in [-0.3, -0.25) is 9.59 Å². The van der Waals surface area contributed by atoms with Crippen molar-refractivity contribution in [2.24, 2.45) is 5.92 Å². The number of nitrogens with zero attached hydrogens (tertiary/aromatic N) is 3. The first-order valence-electron chi connectivity index (χ1n) is 7.65. The first kappa shape index (κ1) is 14.6. The zero-order valence-electron chi connectivity index (χ0n) is 12.7. The molecule has 1 fully saturated rings. The van der Waals surface area contributed by atoms with Crippen molar-refractivity contribution >= 4 is 17.5 Å². The zero-order chi connectivity index (χ0) is 15.5. The minimum atomic E-state index is -0.214. The predicted molar refractivity (Wildman–Crippen MR) is 82.3 cm³/mol. The Bertz CT molecular complexity index is 661. The average Bonchev–Trinajstić information content (AvgIpc) is 3.09. The van der Waals surface area contributed by atoms with Crippen LogP contribution in [0.25, 0.3) is 5.65 Å². The van der Waals surface area contributed by atoms with Crippen LogP contribution in [0.3, 0.4) is 0 Å². The van der Waals surface area contributed by atoms with Gasteiger partial charge in [-0.1, -0.05) is 6.07 Å². The van der Waals surface area contributed by atoms with Gasteiger partial charge < -0.3 is 14.6 Å². The molecule has 6 nitrogen and oxygen atoms in total. The number of likely N-dealkylation sites (tertiary alicyclic amines) is 1. The van der Waals surface area contributed by atoms with Crippen LogP contribution >= 0.6 is 0 Å². The summed E-state index contributed by atoms with van der Waals surface area (Å²) in [6.45, 7) is 3.68. The number of hydrogen-bond acceptors (Lipinski definition) is 3. The van der Waals surface area contributed by atoms with Gasteiger partial charge in [0.2, 0.25) is 11.8 Å². The minimum Gasteiger partial charge on any atom is -0.355 e. The van der Waals surface area contributed by atoms with Crippen LogP contribution in [-0.4, -0.2) is 45.7 Å². The number of hydrogen-bond donors (Lipinski definition) is 1. The van der Waals surface area contributed by atoms with Gasteiger partial charge in [0, 0.05) is 44.9 Å². The van der Waals surface area contributed by atoms with Crippen LogP contribution in [0.15, 0.2) is 30.6 Å². The van der Waals surface area contributed by atoms with Crippen LogP contribution in [0.4, 0.5) is 0 Å². The summed E-state index contributed by atoms with van der Waals surface area (Å²) in [6, 6.07) is 5.85. The lowest BCUT2D eigenvalue weighted by atomic mass is 10.1. The fourth-order valence-electron chi connectivity index (χ4n) is 2.82. The summed E-state index contributed by atoms with van der Waals surface area (Å²) in [5.74, 6) is -0.176. The molecule has 0 radical (unpaired) electrons. The summed E-state index contributed by atoms with van der Waals surface area (Å²) >= 11 is 0. The van der Waals surface area contributed by atoms with E-state index in [2.05, 4.69) is 10.3 Å². The number of rotatable bonds is 5. The highest BCUT2D eigenvalue weighted by Crippen LogP contribution is 2.17. The second-order valence-electron chi connectivity index (χ2n) is 5.57. The van der Waals surface area contributed by atoms with Crippen molar-refractivity contribution in [1.29, 1.82) is 0 Å². The highest BCUT2D eigenvalue weighted by molar-refractivity contribution is 5.89. The van der Waals surface area contributed by atoms with Crippen LogP contribution in [0.1, 0.15) is 19.0 Å². The lowest BCUT2D eigenvalue weighted by Crippen LogP contribution is -2.34. The first-order valence-corrected chi connectivity index (χ1v) is 7.65. The molecule has 2 aromatic heterocycles. The highest BCUT2D eigenvalue weighted by atomic mass is 16.2. The van der Waals surface area contributed by atoms with Crippen LogP contribution in [0.5, 0.6) is 0 Å². The van der Waals surface area contributed by atoms with E-state index >= 15 is 0 Å². The van der Waals surface area contributed by atoms with Crippen molar-refractivity contribution in [3.8, 4) is 0 Å². The molecule has 0 aliphatic carbocycles. The lowest BCUT2D eigenvalue weighted by molar-refractivity contribution is -0.128. The van der Waals surface area contributed by atoms with Gasteiger partial charge in [-0.25, -0.2) is 4.98 Å². The Morgan fingerprint density at radius 3 is 3.05 bits per heavy atom. The maximum atomic E-state index is 12.1. The SMILES string of the molecule is CCN1CC(C(=O)NCCc2cn3ccccc3n2)CC1=O. The van der Waals surface area contributed by atoms with Crippen molar-refractivity contribution < 1.29 is 9.59 Å². The molecule has 0 aromatic carbocycles. The van der Waals surface area contributed by atoms with Gasteiger partial charge in [-0.2, -0.15) is 0 Å². The minimum absolute atomic E-state index is 0.0342. The quantitative estimate of drug-likeness (QED) is 0.890. The third-order valence-electron chi connectivity index (χ3n) is 4.06. The van der Waals surface area contributed by atoms with E-state index in [1.807, 2.05) is 41.9 Å². The van der Waals surface area contributed by atoms with Crippen LogP contribution < -0.4 is 5.32 Å². The zero-order valence-corrected chi connectivity index (χ0v) is 12.7. The van der Waals surface area contributed by atoms with E-state index in [1.165, 1.54) is 0 Å². The smallest absolute Gasteiger partial charge is 0.225 e. The molecule has 0 bridgehead atoms. The maximum absolute atomic E-state index is 12.1. The molecule has 1 unspecified atom stereocenters. The fourth-order valence-corrected chi connectivity index (χ4v) is 2.82. The summed E-state index contributed by atoms with van der Waals surface area (Å²) in [5, 5.41) is 2.92. The van der Waals surface area contributed by atoms with Crippen molar-refractivity contribution in [2.45, 2.75) is 19.8 Å². The molecular formula is C16H20N4O2. The Balaban J connectivity index is 1.50. The molecule has 0 saturated carbocycles. The van der Waals surface area contributed by atoms with Crippen molar-refractivity contribution in [1.82, 2.24) is 19.6 Å². The number of nitrogens with one attached hydrogen (secondary N) is 1. The van der Waals surface area contributed by atoms with Gasteiger partial charge in [0.1, 0.15) is 5.65 Å². The molecule has 3 heterocycles. The molecule has 3 rings (SSSR count). The predicted octanol–water partition coefficient (Wildman–Crippen LogP) is 0.861. The third-order valence-corrected chi connectivity index (χ3v) is 4.06. The van der Waals surface area contributed by atoms with Gasteiger partial charge in [0.25, 0.3) is 0 Å². The number of aromatic nitrogens is 2. The Morgan fingerprint density at radius 2 is 2.32 bits per heavy atom. The second kappa shape index (κ2) is 6.17. The topological polar surface area (TPSA) is 66.7 Å². The van der Waals surface area contributed by atoms with Crippen molar-refractivity contribution in [3.05, 3.63) is 36.3 Å². The molecule has 6 heteroatoms. The Kier molecular flexibility index (Phi) is 4.09. The number of imidazole rings is 1.